The van der Waals surface area contributed by atoms with E-state index in [4.69, 9.17) is 9.47 Å². The first-order valence-electron chi connectivity index (χ1n) is 6.51. The summed E-state index contributed by atoms with van der Waals surface area (Å²) in [5.74, 6) is 0.370. The van der Waals surface area contributed by atoms with E-state index >= 15 is 0 Å². The molecule has 5 nitrogen and oxygen atoms in total. The Hall–Kier alpha value is -1.62. The van der Waals surface area contributed by atoms with Gasteiger partial charge in [-0.1, -0.05) is 25.8 Å². The van der Waals surface area contributed by atoms with Crippen LogP contribution in [0.4, 0.5) is 0 Å². The molecule has 1 heterocycles. The van der Waals surface area contributed by atoms with Gasteiger partial charge < -0.3 is 14.8 Å². The lowest BCUT2D eigenvalue weighted by molar-refractivity contribution is -0.143. The summed E-state index contributed by atoms with van der Waals surface area (Å²) >= 11 is 0. The molecule has 0 fully saturated rings. The van der Waals surface area contributed by atoms with Gasteiger partial charge in [0.1, 0.15) is 6.04 Å². The van der Waals surface area contributed by atoms with Crippen LogP contribution in [0.3, 0.4) is 0 Å². The smallest absolute Gasteiger partial charge is 0.322 e. The maximum atomic E-state index is 11.6. The molecule has 1 aromatic heterocycles. The van der Waals surface area contributed by atoms with Gasteiger partial charge in [-0.3, -0.25) is 4.79 Å². The molecule has 0 bridgehead atoms. The summed E-state index contributed by atoms with van der Waals surface area (Å²) < 4.78 is 9.80. The predicted octanol–water partition coefficient (Wildman–Crippen LogP) is 1.91. The van der Waals surface area contributed by atoms with Gasteiger partial charge in [-0.05, 0) is 12.0 Å². The van der Waals surface area contributed by atoms with E-state index < -0.39 is 0 Å². The number of carbonyl (C=O) groups excluding carboxylic acids is 1. The number of unbranched alkanes of at least 4 members (excludes halogenated alkanes) is 1. The number of methoxy groups -OCH3 is 2. The summed E-state index contributed by atoms with van der Waals surface area (Å²) in [6, 6.07) is 3.47. The van der Waals surface area contributed by atoms with E-state index in [1.807, 2.05) is 6.07 Å². The molecule has 106 valence electrons. The van der Waals surface area contributed by atoms with E-state index in [1.54, 1.807) is 19.4 Å². The van der Waals surface area contributed by atoms with Crippen LogP contribution in [0.5, 0.6) is 5.88 Å². The summed E-state index contributed by atoms with van der Waals surface area (Å²) in [5, 5.41) is 3.20. The molecule has 0 aliphatic rings. The van der Waals surface area contributed by atoms with Gasteiger partial charge in [0.25, 0.3) is 0 Å². The van der Waals surface area contributed by atoms with Gasteiger partial charge in [-0.25, -0.2) is 4.98 Å². The molecule has 0 aromatic carbocycles. The summed E-state index contributed by atoms with van der Waals surface area (Å²) in [6.07, 6.45) is 4.57. The molecule has 0 amide bonds. The highest BCUT2D eigenvalue weighted by Gasteiger charge is 2.17. The molecule has 19 heavy (non-hydrogen) atoms. The number of hydrogen-bond donors (Lipinski definition) is 1. The van der Waals surface area contributed by atoms with Crippen molar-refractivity contribution in [3.8, 4) is 5.88 Å². The standard InChI is InChI=1S/C14H22N2O3/c1-4-5-6-12(14(17)19-3)15-9-11-7-8-13(18-2)16-10-11/h7-8,10,12,15H,4-6,9H2,1-3H3. The van der Waals surface area contributed by atoms with Gasteiger partial charge in [0.2, 0.25) is 5.88 Å². The van der Waals surface area contributed by atoms with Gasteiger partial charge in [0, 0.05) is 18.8 Å². The second-order valence-corrected chi connectivity index (χ2v) is 4.31. The van der Waals surface area contributed by atoms with Crippen molar-refractivity contribution in [3.05, 3.63) is 23.9 Å². The third kappa shape index (κ3) is 5.26. The topological polar surface area (TPSA) is 60.5 Å². The fourth-order valence-electron chi connectivity index (χ4n) is 1.73. The number of nitrogens with zero attached hydrogens (tertiary/aromatic N) is 1. The maximum absolute atomic E-state index is 11.6. The van der Waals surface area contributed by atoms with Crippen molar-refractivity contribution in [1.29, 1.82) is 0 Å². The minimum absolute atomic E-state index is 0.213. The van der Waals surface area contributed by atoms with E-state index in [0.29, 0.717) is 12.4 Å². The summed E-state index contributed by atoms with van der Waals surface area (Å²) in [4.78, 5) is 15.7. The van der Waals surface area contributed by atoms with Crippen molar-refractivity contribution < 1.29 is 14.3 Å². The molecule has 0 aliphatic heterocycles. The van der Waals surface area contributed by atoms with Crippen LogP contribution >= 0.6 is 0 Å². The van der Waals surface area contributed by atoms with Crippen LogP contribution in [0, 0.1) is 0 Å². The molecule has 5 heteroatoms. The third-order valence-electron chi connectivity index (χ3n) is 2.89. The van der Waals surface area contributed by atoms with Crippen LogP contribution in [0.15, 0.2) is 18.3 Å². The quantitative estimate of drug-likeness (QED) is 0.728. The Morgan fingerprint density at radius 3 is 2.74 bits per heavy atom. The molecule has 1 atom stereocenters. The van der Waals surface area contributed by atoms with Gasteiger partial charge >= 0.3 is 5.97 Å². The van der Waals surface area contributed by atoms with Crippen LogP contribution in [0.2, 0.25) is 0 Å². The molecule has 0 radical (unpaired) electrons. The number of carbonyl (C=O) groups is 1. The molecule has 1 aromatic rings. The first kappa shape index (κ1) is 15.4. The molecule has 0 spiro atoms. The SMILES string of the molecule is CCCCC(NCc1ccc(OC)nc1)C(=O)OC. The van der Waals surface area contributed by atoms with Crippen molar-refractivity contribution in [2.24, 2.45) is 0 Å². The average Bonchev–Trinajstić information content (AvgIpc) is 2.47. The Kier molecular flexibility index (Phi) is 6.89. The highest BCUT2D eigenvalue weighted by atomic mass is 16.5. The number of pyridine rings is 1. The molecule has 1 rings (SSSR count). The monoisotopic (exact) mass is 266 g/mol. The Morgan fingerprint density at radius 2 is 2.21 bits per heavy atom. The summed E-state index contributed by atoms with van der Waals surface area (Å²) in [5.41, 5.74) is 1.01. The average molecular weight is 266 g/mol. The van der Waals surface area contributed by atoms with Crippen molar-refractivity contribution >= 4 is 5.97 Å². The van der Waals surface area contributed by atoms with Crippen LogP contribution in [-0.4, -0.2) is 31.2 Å². The third-order valence-corrected chi connectivity index (χ3v) is 2.89. The highest BCUT2D eigenvalue weighted by molar-refractivity contribution is 5.75. The van der Waals surface area contributed by atoms with Crippen molar-refractivity contribution in [2.45, 2.75) is 38.8 Å². The second kappa shape index (κ2) is 8.48. The van der Waals surface area contributed by atoms with E-state index in [0.717, 1.165) is 24.8 Å². The van der Waals surface area contributed by atoms with Crippen LogP contribution in [0.25, 0.3) is 0 Å². The van der Waals surface area contributed by atoms with Gasteiger partial charge in [-0.15, -0.1) is 0 Å². The van der Waals surface area contributed by atoms with E-state index in [-0.39, 0.29) is 12.0 Å². The second-order valence-electron chi connectivity index (χ2n) is 4.31. The molecular formula is C14H22N2O3. The molecular weight excluding hydrogens is 244 g/mol. The molecule has 0 saturated heterocycles. The Bertz CT molecular complexity index is 379. The van der Waals surface area contributed by atoms with Crippen LogP contribution in [-0.2, 0) is 16.1 Å². The van der Waals surface area contributed by atoms with Crippen LogP contribution in [0.1, 0.15) is 31.7 Å². The fraction of sp³-hybridized carbons (Fsp3) is 0.571. The number of hydrogen-bond acceptors (Lipinski definition) is 5. The number of nitrogens with one attached hydrogen (secondary N) is 1. The minimum atomic E-state index is -0.257. The number of rotatable bonds is 8. The van der Waals surface area contributed by atoms with Gasteiger partial charge in [-0.2, -0.15) is 0 Å². The first-order chi connectivity index (χ1) is 9.21. The Balaban J connectivity index is 2.51. The first-order valence-corrected chi connectivity index (χ1v) is 6.51. The molecule has 0 saturated carbocycles. The summed E-state index contributed by atoms with van der Waals surface area (Å²) in [7, 11) is 3.00. The maximum Gasteiger partial charge on any atom is 0.322 e. The Morgan fingerprint density at radius 1 is 1.42 bits per heavy atom. The van der Waals surface area contributed by atoms with Gasteiger partial charge in [0.05, 0.1) is 14.2 Å². The number of aromatic nitrogens is 1. The van der Waals surface area contributed by atoms with Gasteiger partial charge in [0.15, 0.2) is 0 Å². The van der Waals surface area contributed by atoms with E-state index in [9.17, 15) is 4.79 Å². The lowest BCUT2D eigenvalue weighted by Crippen LogP contribution is -2.37. The zero-order valence-corrected chi connectivity index (χ0v) is 11.8. The highest BCUT2D eigenvalue weighted by Crippen LogP contribution is 2.08. The number of esters is 1. The predicted molar refractivity (Wildman–Crippen MR) is 73.0 cm³/mol. The minimum Gasteiger partial charge on any atom is -0.481 e. The fourth-order valence-corrected chi connectivity index (χ4v) is 1.73. The van der Waals surface area contributed by atoms with Crippen molar-refractivity contribution in [2.75, 3.05) is 14.2 Å². The summed E-state index contributed by atoms with van der Waals surface area (Å²) in [6.45, 7) is 2.68. The van der Waals surface area contributed by atoms with Crippen molar-refractivity contribution in [3.63, 3.8) is 0 Å². The molecule has 1 unspecified atom stereocenters. The van der Waals surface area contributed by atoms with E-state index in [1.165, 1.54) is 7.11 Å². The lowest BCUT2D eigenvalue weighted by Gasteiger charge is -2.16. The molecule has 0 aliphatic carbocycles. The zero-order valence-electron chi connectivity index (χ0n) is 11.8. The van der Waals surface area contributed by atoms with E-state index in [2.05, 4.69) is 17.2 Å². The van der Waals surface area contributed by atoms with Crippen molar-refractivity contribution in [1.82, 2.24) is 10.3 Å². The largest absolute Gasteiger partial charge is 0.481 e. The Labute approximate surface area is 114 Å². The normalized spacial score (nSPS) is 11.9. The van der Waals surface area contributed by atoms with Crippen LogP contribution < -0.4 is 10.1 Å². The zero-order chi connectivity index (χ0) is 14.1. The lowest BCUT2D eigenvalue weighted by atomic mass is 10.1. The molecule has 1 N–H and O–H groups in total. The number of ether oxygens (including phenoxy) is 2.